The van der Waals surface area contributed by atoms with E-state index in [1.807, 2.05) is 0 Å². The SMILES string of the molecule is C[C@@H](C/C=C/c1ccccc1[N+](=O)[O-])[C@](O)(Cn1cncn1)c1ccc(F)cc1F. The third kappa shape index (κ3) is 4.57. The van der Waals surface area contributed by atoms with E-state index in [4.69, 9.17) is 0 Å². The number of halogens is 2. The Hall–Kier alpha value is -3.46. The van der Waals surface area contributed by atoms with E-state index in [2.05, 4.69) is 10.1 Å². The monoisotopic (exact) mass is 414 g/mol. The van der Waals surface area contributed by atoms with E-state index in [0.717, 1.165) is 12.1 Å². The van der Waals surface area contributed by atoms with Gasteiger partial charge < -0.3 is 5.11 Å². The molecule has 0 spiro atoms. The molecule has 0 radical (unpaired) electrons. The quantitative estimate of drug-likeness (QED) is 0.443. The van der Waals surface area contributed by atoms with Gasteiger partial charge in [0.25, 0.3) is 5.69 Å². The first-order valence-corrected chi connectivity index (χ1v) is 9.21. The van der Waals surface area contributed by atoms with Crippen molar-refractivity contribution in [1.82, 2.24) is 14.8 Å². The molecule has 30 heavy (non-hydrogen) atoms. The van der Waals surface area contributed by atoms with Gasteiger partial charge in [0, 0.05) is 17.7 Å². The minimum absolute atomic E-state index is 0.0381. The molecule has 0 unspecified atom stereocenters. The van der Waals surface area contributed by atoms with Crippen LogP contribution in [0.15, 0.2) is 61.2 Å². The van der Waals surface area contributed by atoms with Gasteiger partial charge in [-0.3, -0.25) is 10.1 Å². The fourth-order valence-electron chi connectivity index (χ4n) is 3.30. The number of allylic oxidation sites excluding steroid dienone is 1. The molecule has 1 heterocycles. The molecule has 0 aliphatic heterocycles. The van der Waals surface area contributed by atoms with Gasteiger partial charge in [0.05, 0.1) is 17.0 Å². The molecule has 0 fully saturated rings. The Morgan fingerprint density at radius 3 is 2.73 bits per heavy atom. The van der Waals surface area contributed by atoms with Gasteiger partial charge >= 0.3 is 0 Å². The van der Waals surface area contributed by atoms with Crippen molar-refractivity contribution < 1.29 is 18.8 Å². The van der Waals surface area contributed by atoms with Crippen LogP contribution >= 0.6 is 0 Å². The standard InChI is InChI=1S/C21H20F2N4O3/c1-15(5-4-7-16-6-2-3-8-20(16)27(29)30)21(28,12-26-14-24-13-25-26)18-10-9-17(22)11-19(18)23/h2-4,6-11,13-15,28H,5,12H2,1H3/b7-4+/t15-,21+/m0/s1. The van der Waals surface area contributed by atoms with Crippen LogP contribution in [-0.4, -0.2) is 24.8 Å². The summed E-state index contributed by atoms with van der Waals surface area (Å²) in [5.74, 6) is -2.16. The second kappa shape index (κ2) is 8.91. The molecular formula is C21H20F2N4O3. The Kier molecular flexibility index (Phi) is 6.31. The van der Waals surface area contributed by atoms with E-state index in [9.17, 15) is 24.0 Å². The van der Waals surface area contributed by atoms with Crippen LogP contribution in [0, 0.1) is 27.7 Å². The van der Waals surface area contributed by atoms with Crippen molar-refractivity contribution in [1.29, 1.82) is 0 Å². The Morgan fingerprint density at radius 2 is 2.07 bits per heavy atom. The average Bonchev–Trinajstić information content (AvgIpc) is 3.20. The smallest absolute Gasteiger partial charge is 0.276 e. The predicted octanol–water partition coefficient (Wildman–Crippen LogP) is 4.09. The van der Waals surface area contributed by atoms with Crippen LogP contribution < -0.4 is 0 Å². The van der Waals surface area contributed by atoms with Crippen LogP contribution in [0.2, 0.25) is 0 Å². The summed E-state index contributed by atoms with van der Waals surface area (Å²) < 4.78 is 29.3. The van der Waals surface area contributed by atoms with Gasteiger partial charge in [-0.25, -0.2) is 18.4 Å². The Balaban J connectivity index is 1.89. The maximum Gasteiger partial charge on any atom is 0.276 e. The summed E-state index contributed by atoms with van der Waals surface area (Å²) in [5, 5.41) is 26.6. The first-order chi connectivity index (χ1) is 14.3. The van der Waals surface area contributed by atoms with Gasteiger partial charge in [-0.1, -0.05) is 37.3 Å². The van der Waals surface area contributed by atoms with Gasteiger partial charge in [-0.15, -0.1) is 0 Å². The van der Waals surface area contributed by atoms with E-state index < -0.39 is 28.1 Å². The zero-order chi connectivity index (χ0) is 21.7. The first-order valence-electron chi connectivity index (χ1n) is 9.21. The van der Waals surface area contributed by atoms with Crippen LogP contribution in [-0.2, 0) is 12.1 Å². The molecule has 2 atom stereocenters. The van der Waals surface area contributed by atoms with Gasteiger partial charge in [-0.05, 0) is 24.5 Å². The molecule has 7 nitrogen and oxygen atoms in total. The molecule has 1 N–H and O–H groups in total. The number of aromatic nitrogens is 3. The van der Waals surface area contributed by atoms with Crippen molar-refractivity contribution in [3.63, 3.8) is 0 Å². The van der Waals surface area contributed by atoms with Gasteiger partial charge in [0.1, 0.15) is 29.9 Å². The van der Waals surface area contributed by atoms with Gasteiger partial charge in [-0.2, -0.15) is 5.10 Å². The zero-order valence-corrected chi connectivity index (χ0v) is 16.2. The van der Waals surface area contributed by atoms with E-state index in [0.29, 0.717) is 5.56 Å². The fraction of sp³-hybridized carbons (Fsp3) is 0.238. The highest BCUT2D eigenvalue weighted by molar-refractivity contribution is 5.60. The minimum atomic E-state index is -1.72. The van der Waals surface area contributed by atoms with Crippen molar-refractivity contribution in [3.05, 3.63) is 94.1 Å². The molecule has 1 aromatic heterocycles. The maximum absolute atomic E-state index is 14.5. The molecule has 3 aromatic rings. The van der Waals surface area contributed by atoms with E-state index in [-0.39, 0.29) is 24.2 Å². The van der Waals surface area contributed by atoms with Crippen molar-refractivity contribution in [2.45, 2.75) is 25.5 Å². The van der Waals surface area contributed by atoms with Crippen molar-refractivity contribution in [3.8, 4) is 0 Å². The lowest BCUT2D eigenvalue weighted by Gasteiger charge is -2.34. The largest absolute Gasteiger partial charge is 0.383 e. The van der Waals surface area contributed by atoms with E-state index in [1.54, 1.807) is 37.3 Å². The molecule has 0 amide bonds. The van der Waals surface area contributed by atoms with Crippen LogP contribution in [0.25, 0.3) is 6.08 Å². The molecule has 3 rings (SSSR count). The highest BCUT2D eigenvalue weighted by atomic mass is 19.1. The molecule has 0 saturated heterocycles. The maximum atomic E-state index is 14.5. The number of benzene rings is 2. The summed E-state index contributed by atoms with van der Waals surface area (Å²) >= 11 is 0. The Bertz CT molecular complexity index is 1060. The summed E-state index contributed by atoms with van der Waals surface area (Å²) in [6, 6.07) is 9.29. The fourth-order valence-corrected chi connectivity index (χ4v) is 3.30. The third-order valence-electron chi connectivity index (χ3n) is 5.00. The number of hydrogen-bond acceptors (Lipinski definition) is 5. The molecule has 156 valence electrons. The number of nitro benzene ring substituents is 1. The number of para-hydroxylation sites is 1. The number of nitrogens with zero attached hydrogens (tertiary/aromatic N) is 4. The summed E-state index contributed by atoms with van der Waals surface area (Å²) in [6.07, 6.45) is 6.23. The third-order valence-corrected chi connectivity index (χ3v) is 5.00. The number of aliphatic hydroxyl groups is 1. The summed E-state index contributed by atoms with van der Waals surface area (Å²) in [6.45, 7) is 1.61. The lowest BCUT2D eigenvalue weighted by atomic mass is 9.80. The lowest BCUT2D eigenvalue weighted by molar-refractivity contribution is -0.385. The minimum Gasteiger partial charge on any atom is -0.383 e. The Morgan fingerprint density at radius 1 is 1.30 bits per heavy atom. The zero-order valence-electron chi connectivity index (χ0n) is 16.2. The highest BCUT2D eigenvalue weighted by Gasteiger charge is 2.38. The first kappa shape index (κ1) is 21.3. The molecule has 0 aliphatic rings. The van der Waals surface area contributed by atoms with Crippen molar-refractivity contribution >= 4 is 11.8 Å². The van der Waals surface area contributed by atoms with Crippen LogP contribution in [0.3, 0.4) is 0 Å². The van der Waals surface area contributed by atoms with Crippen molar-refractivity contribution in [2.24, 2.45) is 5.92 Å². The topological polar surface area (TPSA) is 94.1 Å². The highest BCUT2D eigenvalue weighted by Crippen LogP contribution is 2.36. The molecule has 0 saturated carbocycles. The molecule has 0 bridgehead atoms. The van der Waals surface area contributed by atoms with Gasteiger partial charge in [0.2, 0.25) is 0 Å². The summed E-state index contributed by atoms with van der Waals surface area (Å²) in [7, 11) is 0. The summed E-state index contributed by atoms with van der Waals surface area (Å²) in [4.78, 5) is 14.5. The molecule has 2 aromatic carbocycles. The normalized spacial score (nSPS) is 14.5. The van der Waals surface area contributed by atoms with E-state index in [1.165, 1.54) is 29.5 Å². The molecule has 0 aliphatic carbocycles. The second-order valence-electron chi connectivity index (χ2n) is 7.00. The molecular weight excluding hydrogens is 394 g/mol. The number of nitro groups is 1. The number of rotatable bonds is 8. The van der Waals surface area contributed by atoms with Crippen LogP contribution in [0.5, 0.6) is 0 Å². The second-order valence-corrected chi connectivity index (χ2v) is 7.00. The summed E-state index contributed by atoms with van der Waals surface area (Å²) in [5.41, 5.74) is -1.41. The average molecular weight is 414 g/mol. The van der Waals surface area contributed by atoms with E-state index >= 15 is 0 Å². The number of hydrogen-bond donors (Lipinski definition) is 1. The van der Waals surface area contributed by atoms with Crippen LogP contribution in [0.4, 0.5) is 14.5 Å². The molecule has 9 heteroatoms. The van der Waals surface area contributed by atoms with Crippen LogP contribution in [0.1, 0.15) is 24.5 Å². The van der Waals surface area contributed by atoms with Gasteiger partial charge in [0.15, 0.2) is 0 Å². The Labute approximate surface area is 171 Å². The predicted molar refractivity (Wildman–Crippen MR) is 106 cm³/mol. The van der Waals surface area contributed by atoms with Crippen molar-refractivity contribution in [2.75, 3.05) is 0 Å². The lowest BCUT2D eigenvalue weighted by Crippen LogP contribution is -2.39.